The smallest absolute Gasteiger partial charge is 0.268 e. The van der Waals surface area contributed by atoms with E-state index in [0.717, 1.165) is 44.3 Å². The third-order valence-electron chi connectivity index (χ3n) is 7.28. The first-order valence-electron chi connectivity index (χ1n) is 11.4. The summed E-state index contributed by atoms with van der Waals surface area (Å²) in [6.07, 6.45) is 13.8. The average Bonchev–Trinajstić information content (AvgIpc) is 2.72. The predicted molar refractivity (Wildman–Crippen MR) is 106 cm³/mol. The van der Waals surface area contributed by atoms with Gasteiger partial charge in [0, 0.05) is 19.8 Å². The summed E-state index contributed by atoms with van der Waals surface area (Å²) in [6.45, 7) is 1.53. The fourth-order valence-electron chi connectivity index (χ4n) is 5.44. The highest BCUT2D eigenvalue weighted by Crippen LogP contribution is 2.37. The van der Waals surface area contributed by atoms with Crippen molar-refractivity contribution >= 4 is 0 Å². The van der Waals surface area contributed by atoms with E-state index in [1.807, 2.05) is 7.11 Å². The van der Waals surface area contributed by atoms with Crippen LogP contribution in [0.25, 0.3) is 0 Å². The average molecular weight is 401 g/mol. The number of hydrogen-bond acceptors (Lipinski definition) is 3. The summed E-state index contributed by atoms with van der Waals surface area (Å²) in [7, 11) is 1.83. The van der Waals surface area contributed by atoms with E-state index in [1.165, 1.54) is 51.4 Å². The largest absolute Gasteiger partial charge is 0.381 e. The molecule has 3 rings (SSSR count). The van der Waals surface area contributed by atoms with Crippen molar-refractivity contribution in [1.82, 2.24) is 0 Å². The molecule has 0 N–H and O–H groups in total. The number of ether oxygens (including phenoxy) is 3. The van der Waals surface area contributed by atoms with Gasteiger partial charge in [0.1, 0.15) is 0 Å². The molecule has 2 saturated carbocycles. The van der Waals surface area contributed by atoms with E-state index in [0.29, 0.717) is 30.7 Å². The lowest BCUT2D eigenvalue weighted by atomic mass is 9.76. The highest BCUT2D eigenvalue weighted by atomic mass is 19.3. The molecule has 1 saturated heterocycles. The van der Waals surface area contributed by atoms with Crippen LogP contribution in [0, 0.1) is 17.8 Å². The summed E-state index contributed by atoms with van der Waals surface area (Å²) in [5.74, 6) is 2.08. The van der Waals surface area contributed by atoms with Gasteiger partial charge >= 0.3 is 0 Å². The van der Waals surface area contributed by atoms with Gasteiger partial charge in [-0.15, -0.1) is 0 Å². The van der Waals surface area contributed by atoms with E-state index in [2.05, 4.69) is 0 Å². The molecule has 0 amide bonds. The predicted octanol–water partition coefficient (Wildman–Crippen LogP) is 6.12. The second-order valence-electron chi connectivity index (χ2n) is 9.09. The maximum Gasteiger partial charge on any atom is 0.268 e. The molecule has 3 fully saturated rings. The van der Waals surface area contributed by atoms with Crippen LogP contribution in [0.5, 0.6) is 0 Å². The SMILES string of the molecule is COC1CCC(CCCOC2CCC(C3CCC(C=C(F)F)OC3)CC2)CC1. The standard InChI is InChI=1S/C23H38F2O3/c1-26-20-9-4-17(5-10-20)3-2-14-27-21-11-6-18(7-12-21)19-8-13-22(28-16-19)15-23(24)25/h15,17-22H,2-14,16H2,1H3. The van der Waals surface area contributed by atoms with Gasteiger partial charge in [0.25, 0.3) is 6.08 Å². The summed E-state index contributed by atoms with van der Waals surface area (Å²) in [5.41, 5.74) is 0. The molecule has 3 nitrogen and oxygen atoms in total. The molecule has 0 aromatic heterocycles. The van der Waals surface area contributed by atoms with Gasteiger partial charge in [-0.25, -0.2) is 0 Å². The maximum absolute atomic E-state index is 12.3. The van der Waals surface area contributed by atoms with Crippen LogP contribution in [0.1, 0.15) is 77.0 Å². The van der Waals surface area contributed by atoms with Gasteiger partial charge in [0.15, 0.2) is 0 Å². The first kappa shape index (κ1) is 22.2. The molecule has 28 heavy (non-hydrogen) atoms. The van der Waals surface area contributed by atoms with Gasteiger partial charge in [-0.05, 0) is 94.8 Å². The Morgan fingerprint density at radius 1 is 0.893 bits per heavy atom. The van der Waals surface area contributed by atoms with Crippen LogP contribution in [0.4, 0.5) is 8.78 Å². The Balaban J connectivity index is 1.23. The van der Waals surface area contributed by atoms with Crippen molar-refractivity contribution in [2.24, 2.45) is 17.8 Å². The molecule has 162 valence electrons. The minimum absolute atomic E-state index is 0.384. The quantitative estimate of drug-likeness (QED) is 0.459. The summed E-state index contributed by atoms with van der Waals surface area (Å²) in [6, 6.07) is 0. The van der Waals surface area contributed by atoms with Crippen molar-refractivity contribution in [1.29, 1.82) is 0 Å². The Labute approximate surface area is 169 Å². The molecule has 0 aromatic rings. The first-order valence-corrected chi connectivity index (χ1v) is 11.4. The van der Waals surface area contributed by atoms with Crippen molar-refractivity contribution < 1.29 is 23.0 Å². The molecule has 0 spiro atoms. The van der Waals surface area contributed by atoms with Gasteiger partial charge in [-0.2, -0.15) is 8.78 Å². The zero-order valence-corrected chi connectivity index (χ0v) is 17.4. The minimum atomic E-state index is -1.62. The van der Waals surface area contributed by atoms with Gasteiger partial charge in [-0.1, -0.05) is 0 Å². The molecular formula is C23H38F2O3. The van der Waals surface area contributed by atoms with Gasteiger partial charge in [0.05, 0.1) is 24.9 Å². The Hall–Kier alpha value is -0.520. The van der Waals surface area contributed by atoms with Crippen LogP contribution in [-0.2, 0) is 14.2 Å². The van der Waals surface area contributed by atoms with E-state index >= 15 is 0 Å². The van der Waals surface area contributed by atoms with Crippen LogP contribution < -0.4 is 0 Å². The number of hydrogen-bond donors (Lipinski definition) is 0. The number of methoxy groups -OCH3 is 1. The molecule has 5 heteroatoms. The van der Waals surface area contributed by atoms with Crippen molar-refractivity contribution in [3.8, 4) is 0 Å². The zero-order chi connectivity index (χ0) is 19.8. The van der Waals surface area contributed by atoms with Crippen LogP contribution >= 0.6 is 0 Å². The van der Waals surface area contributed by atoms with Crippen molar-refractivity contribution in [3.05, 3.63) is 12.2 Å². The van der Waals surface area contributed by atoms with Crippen molar-refractivity contribution in [2.75, 3.05) is 20.3 Å². The monoisotopic (exact) mass is 400 g/mol. The van der Waals surface area contributed by atoms with E-state index in [-0.39, 0.29) is 6.10 Å². The molecule has 3 aliphatic rings. The normalized spacial score (nSPS) is 36.8. The molecule has 1 heterocycles. The van der Waals surface area contributed by atoms with Crippen LogP contribution in [0.3, 0.4) is 0 Å². The summed E-state index contributed by atoms with van der Waals surface area (Å²) >= 11 is 0. The number of rotatable bonds is 8. The molecule has 2 unspecified atom stereocenters. The lowest BCUT2D eigenvalue weighted by molar-refractivity contribution is -0.0352. The van der Waals surface area contributed by atoms with E-state index in [9.17, 15) is 8.78 Å². The lowest BCUT2D eigenvalue weighted by Crippen LogP contribution is -2.33. The Kier molecular flexibility index (Phi) is 9.19. The van der Waals surface area contributed by atoms with Crippen LogP contribution in [0.15, 0.2) is 12.2 Å². The Morgan fingerprint density at radius 2 is 1.57 bits per heavy atom. The minimum Gasteiger partial charge on any atom is -0.381 e. The summed E-state index contributed by atoms with van der Waals surface area (Å²) in [5, 5.41) is 0. The highest BCUT2D eigenvalue weighted by Gasteiger charge is 2.31. The van der Waals surface area contributed by atoms with Gasteiger partial charge in [-0.3, -0.25) is 0 Å². The summed E-state index contributed by atoms with van der Waals surface area (Å²) in [4.78, 5) is 0. The van der Waals surface area contributed by atoms with Crippen LogP contribution in [0.2, 0.25) is 0 Å². The summed E-state index contributed by atoms with van der Waals surface area (Å²) < 4.78 is 41.9. The first-order chi connectivity index (χ1) is 13.6. The fourth-order valence-corrected chi connectivity index (χ4v) is 5.44. The van der Waals surface area contributed by atoms with E-state index in [4.69, 9.17) is 14.2 Å². The maximum atomic E-state index is 12.3. The van der Waals surface area contributed by atoms with Crippen molar-refractivity contribution in [3.63, 3.8) is 0 Å². The second-order valence-corrected chi connectivity index (χ2v) is 9.09. The topological polar surface area (TPSA) is 27.7 Å². The van der Waals surface area contributed by atoms with E-state index in [1.54, 1.807) is 0 Å². The van der Waals surface area contributed by atoms with Gasteiger partial charge in [0.2, 0.25) is 0 Å². The molecule has 2 atom stereocenters. The van der Waals surface area contributed by atoms with E-state index < -0.39 is 6.08 Å². The third kappa shape index (κ3) is 7.07. The number of halogens is 2. The molecular weight excluding hydrogens is 362 g/mol. The Morgan fingerprint density at radius 3 is 2.18 bits per heavy atom. The molecule has 0 bridgehead atoms. The fraction of sp³-hybridized carbons (Fsp3) is 0.913. The second kappa shape index (κ2) is 11.6. The lowest BCUT2D eigenvalue weighted by Gasteiger charge is -2.37. The molecule has 1 aliphatic heterocycles. The van der Waals surface area contributed by atoms with Crippen molar-refractivity contribution in [2.45, 2.75) is 95.4 Å². The third-order valence-corrected chi connectivity index (χ3v) is 7.28. The zero-order valence-electron chi connectivity index (χ0n) is 17.4. The molecule has 0 radical (unpaired) electrons. The molecule has 2 aliphatic carbocycles. The highest BCUT2D eigenvalue weighted by molar-refractivity contribution is 4.92. The van der Waals surface area contributed by atoms with Crippen LogP contribution in [-0.4, -0.2) is 38.6 Å². The Bertz CT molecular complexity index is 456. The van der Waals surface area contributed by atoms with Gasteiger partial charge < -0.3 is 14.2 Å². The molecule has 0 aromatic carbocycles.